The van der Waals surface area contributed by atoms with Crippen molar-refractivity contribution in [2.45, 2.75) is 33.2 Å². The van der Waals surface area contributed by atoms with E-state index in [4.69, 9.17) is 5.73 Å². The number of benzene rings is 1. The molecule has 0 spiro atoms. The van der Waals surface area contributed by atoms with Crippen LogP contribution in [-0.2, 0) is 0 Å². The Morgan fingerprint density at radius 1 is 1.31 bits per heavy atom. The minimum atomic E-state index is 0.245. The molecule has 0 aliphatic rings. The predicted molar refractivity (Wildman–Crippen MR) is 71.9 cm³/mol. The van der Waals surface area contributed by atoms with Crippen LogP contribution in [0.2, 0.25) is 0 Å². The van der Waals surface area contributed by atoms with Crippen LogP contribution in [0.3, 0.4) is 0 Å². The number of nitrogens with zero attached hydrogens (tertiary/aromatic N) is 1. The third-order valence-electron chi connectivity index (χ3n) is 3.39. The van der Waals surface area contributed by atoms with Gasteiger partial charge in [0.05, 0.1) is 0 Å². The summed E-state index contributed by atoms with van der Waals surface area (Å²) in [5.74, 6) is 0.575. The van der Waals surface area contributed by atoms with E-state index in [1.165, 1.54) is 11.3 Å². The molecule has 0 radical (unpaired) electrons. The van der Waals surface area contributed by atoms with E-state index in [1.54, 1.807) is 0 Å². The number of aryl methyl sites for hydroxylation is 1. The Kier molecular flexibility index (Phi) is 4.81. The Bertz CT molecular complexity index is 322. The quantitative estimate of drug-likeness (QED) is 0.826. The van der Waals surface area contributed by atoms with Gasteiger partial charge in [-0.25, -0.2) is 0 Å². The molecule has 1 rings (SSSR count). The van der Waals surface area contributed by atoms with Gasteiger partial charge in [-0.3, -0.25) is 0 Å². The van der Waals surface area contributed by atoms with Crippen molar-refractivity contribution in [3.8, 4) is 0 Å². The lowest BCUT2D eigenvalue weighted by atomic mass is 9.99. The highest BCUT2D eigenvalue weighted by Gasteiger charge is 2.14. The maximum atomic E-state index is 6.17. The minimum absolute atomic E-state index is 0.245. The largest absolute Gasteiger partial charge is 0.373 e. The van der Waals surface area contributed by atoms with Crippen molar-refractivity contribution >= 4 is 5.69 Å². The highest BCUT2D eigenvalue weighted by molar-refractivity contribution is 5.52. The van der Waals surface area contributed by atoms with Crippen LogP contribution in [-0.4, -0.2) is 19.6 Å². The summed E-state index contributed by atoms with van der Waals surface area (Å²) in [6.07, 6.45) is 1.14. The predicted octanol–water partition coefficient (Wildman–Crippen LogP) is 2.80. The smallest absolute Gasteiger partial charge is 0.0393 e. The normalized spacial score (nSPS) is 14.6. The van der Waals surface area contributed by atoms with Crippen LogP contribution in [0.25, 0.3) is 0 Å². The van der Waals surface area contributed by atoms with Gasteiger partial charge in [-0.05, 0) is 24.5 Å². The van der Waals surface area contributed by atoms with Gasteiger partial charge in [-0.1, -0.05) is 38.5 Å². The number of hydrogen-bond acceptors (Lipinski definition) is 2. The lowest BCUT2D eigenvalue weighted by Gasteiger charge is -2.27. The number of para-hydroxylation sites is 1. The first-order valence-corrected chi connectivity index (χ1v) is 6.08. The molecule has 1 aromatic carbocycles. The van der Waals surface area contributed by atoms with E-state index in [2.05, 4.69) is 57.0 Å². The van der Waals surface area contributed by atoms with Crippen molar-refractivity contribution in [1.29, 1.82) is 0 Å². The summed E-state index contributed by atoms with van der Waals surface area (Å²) < 4.78 is 0. The molecule has 2 heteroatoms. The molecule has 0 heterocycles. The van der Waals surface area contributed by atoms with Crippen molar-refractivity contribution in [3.05, 3.63) is 29.8 Å². The number of hydrogen-bond donors (Lipinski definition) is 1. The first-order chi connectivity index (χ1) is 7.56. The zero-order valence-electron chi connectivity index (χ0n) is 10.9. The first kappa shape index (κ1) is 13.0. The Morgan fingerprint density at radius 2 is 1.94 bits per heavy atom. The molecule has 0 bridgehead atoms. The maximum absolute atomic E-state index is 6.17. The lowest BCUT2D eigenvalue weighted by Crippen LogP contribution is -2.39. The second kappa shape index (κ2) is 5.90. The summed E-state index contributed by atoms with van der Waals surface area (Å²) in [6, 6.07) is 8.68. The van der Waals surface area contributed by atoms with Gasteiger partial charge in [0, 0.05) is 25.3 Å². The summed E-state index contributed by atoms with van der Waals surface area (Å²) in [6.45, 7) is 7.47. The fraction of sp³-hybridized carbons (Fsp3) is 0.571. The molecular formula is C14H24N2. The Balaban J connectivity index is 2.65. The van der Waals surface area contributed by atoms with E-state index in [9.17, 15) is 0 Å². The standard InChI is InChI=1S/C14H24N2/c1-5-11(2)13(15)10-16(4)14-9-7-6-8-12(14)3/h6-9,11,13H,5,10,15H2,1-4H3. The van der Waals surface area contributed by atoms with E-state index in [-0.39, 0.29) is 6.04 Å². The van der Waals surface area contributed by atoms with Gasteiger partial charge >= 0.3 is 0 Å². The van der Waals surface area contributed by atoms with Gasteiger partial charge in [-0.15, -0.1) is 0 Å². The fourth-order valence-corrected chi connectivity index (χ4v) is 1.89. The second-order valence-corrected chi connectivity index (χ2v) is 4.72. The average molecular weight is 220 g/mol. The highest BCUT2D eigenvalue weighted by Crippen LogP contribution is 2.18. The number of likely N-dealkylation sites (N-methyl/N-ethyl adjacent to an activating group) is 1. The van der Waals surface area contributed by atoms with Crippen molar-refractivity contribution in [1.82, 2.24) is 0 Å². The molecule has 90 valence electrons. The van der Waals surface area contributed by atoms with Crippen molar-refractivity contribution in [2.75, 3.05) is 18.5 Å². The maximum Gasteiger partial charge on any atom is 0.0393 e. The summed E-state index contributed by atoms with van der Waals surface area (Å²) in [5.41, 5.74) is 8.76. The number of rotatable bonds is 5. The lowest BCUT2D eigenvalue weighted by molar-refractivity contribution is 0.443. The van der Waals surface area contributed by atoms with E-state index >= 15 is 0 Å². The third-order valence-corrected chi connectivity index (χ3v) is 3.39. The van der Waals surface area contributed by atoms with E-state index in [0.29, 0.717) is 5.92 Å². The molecule has 0 aromatic heterocycles. The molecule has 2 N–H and O–H groups in total. The summed E-state index contributed by atoms with van der Waals surface area (Å²) in [4.78, 5) is 2.26. The second-order valence-electron chi connectivity index (χ2n) is 4.72. The van der Waals surface area contributed by atoms with E-state index in [0.717, 1.165) is 13.0 Å². The first-order valence-electron chi connectivity index (χ1n) is 6.08. The van der Waals surface area contributed by atoms with Crippen molar-refractivity contribution in [3.63, 3.8) is 0 Å². The molecule has 0 fully saturated rings. The zero-order chi connectivity index (χ0) is 12.1. The molecule has 2 nitrogen and oxygen atoms in total. The third kappa shape index (κ3) is 3.24. The van der Waals surface area contributed by atoms with Crippen LogP contribution in [0.5, 0.6) is 0 Å². The molecule has 0 amide bonds. The molecule has 0 saturated heterocycles. The van der Waals surface area contributed by atoms with Crippen molar-refractivity contribution < 1.29 is 0 Å². The summed E-state index contributed by atoms with van der Waals surface area (Å²) in [7, 11) is 2.12. The number of anilines is 1. The Morgan fingerprint density at radius 3 is 2.50 bits per heavy atom. The Labute approximate surface area is 99.5 Å². The molecule has 2 unspecified atom stereocenters. The highest BCUT2D eigenvalue weighted by atomic mass is 15.1. The van der Waals surface area contributed by atoms with E-state index in [1.807, 2.05) is 0 Å². The monoisotopic (exact) mass is 220 g/mol. The summed E-state index contributed by atoms with van der Waals surface area (Å²) in [5, 5.41) is 0. The van der Waals surface area contributed by atoms with Crippen LogP contribution in [0.1, 0.15) is 25.8 Å². The van der Waals surface area contributed by atoms with Gasteiger partial charge in [0.15, 0.2) is 0 Å². The Hall–Kier alpha value is -1.02. The molecule has 0 aliphatic carbocycles. The van der Waals surface area contributed by atoms with Crippen LogP contribution in [0.4, 0.5) is 5.69 Å². The SMILES string of the molecule is CCC(C)C(N)CN(C)c1ccccc1C. The van der Waals surface area contributed by atoms with Gasteiger partial charge in [0.25, 0.3) is 0 Å². The molecule has 2 atom stereocenters. The molecule has 0 saturated carbocycles. The molecule has 1 aromatic rings. The van der Waals surface area contributed by atoms with Gasteiger partial charge < -0.3 is 10.6 Å². The van der Waals surface area contributed by atoms with E-state index < -0.39 is 0 Å². The summed E-state index contributed by atoms with van der Waals surface area (Å²) >= 11 is 0. The molecule has 16 heavy (non-hydrogen) atoms. The topological polar surface area (TPSA) is 29.3 Å². The van der Waals surface area contributed by atoms with Crippen molar-refractivity contribution in [2.24, 2.45) is 11.7 Å². The van der Waals surface area contributed by atoms with Crippen LogP contribution in [0, 0.1) is 12.8 Å². The van der Waals surface area contributed by atoms with Crippen LogP contribution >= 0.6 is 0 Å². The average Bonchev–Trinajstić information content (AvgIpc) is 2.28. The van der Waals surface area contributed by atoms with Crippen LogP contribution in [0.15, 0.2) is 24.3 Å². The van der Waals surface area contributed by atoms with Gasteiger partial charge in [0.1, 0.15) is 0 Å². The number of nitrogens with two attached hydrogens (primary N) is 1. The minimum Gasteiger partial charge on any atom is -0.373 e. The zero-order valence-corrected chi connectivity index (χ0v) is 10.9. The van der Waals surface area contributed by atoms with Gasteiger partial charge in [-0.2, -0.15) is 0 Å². The van der Waals surface area contributed by atoms with Crippen LogP contribution < -0.4 is 10.6 Å². The fourth-order valence-electron chi connectivity index (χ4n) is 1.89. The molecular weight excluding hydrogens is 196 g/mol. The molecule has 0 aliphatic heterocycles. The van der Waals surface area contributed by atoms with Gasteiger partial charge in [0.2, 0.25) is 0 Å².